The molecule has 1 saturated heterocycles. The van der Waals surface area contributed by atoms with Crippen LogP contribution in [0.1, 0.15) is 23.7 Å². The van der Waals surface area contributed by atoms with Crippen molar-refractivity contribution in [1.82, 2.24) is 29.9 Å². The van der Waals surface area contributed by atoms with Crippen LogP contribution in [0, 0.1) is 0 Å². The minimum absolute atomic E-state index is 0.0778. The molecule has 1 aliphatic heterocycles. The van der Waals surface area contributed by atoms with Crippen molar-refractivity contribution >= 4 is 5.91 Å². The van der Waals surface area contributed by atoms with Gasteiger partial charge in [-0.05, 0) is 31.6 Å². The van der Waals surface area contributed by atoms with Crippen molar-refractivity contribution < 1.29 is 4.79 Å². The van der Waals surface area contributed by atoms with Gasteiger partial charge < -0.3 is 15.1 Å². The molecule has 3 heterocycles. The van der Waals surface area contributed by atoms with Crippen LogP contribution in [0.5, 0.6) is 0 Å². The van der Waals surface area contributed by atoms with E-state index in [4.69, 9.17) is 0 Å². The molecular formula is C18H26N6O. The monoisotopic (exact) mass is 342 g/mol. The zero-order valence-corrected chi connectivity index (χ0v) is 14.8. The summed E-state index contributed by atoms with van der Waals surface area (Å²) in [7, 11) is 0. The molecule has 0 atom stereocenters. The fraction of sp³-hybridized carbons (Fsp3) is 0.500. The standard InChI is InChI=1S/C18H26N6O/c1-2-22-9-11-23(12-10-22)8-4-7-20-18(25)16-13-21-24(15-16)17-5-3-6-19-14-17/h3,5-6,13-15H,2,4,7-12H2,1H3,(H,20,25). The molecule has 7 heteroatoms. The van der Waals surface area contributed by atoms with E-state index in [0.717, 1.165) is 51.4 Å². The maximum Gasteiger partial charge on any atom is 0.254 e. The minimum atomic E-state index is -0.0778. The van der Waals surface area contributed by atoms with Gasteiger partial charge in [0.2, 0.25) is 0 Å². The van der Waals surface area contributed by atoms with Gasteiger partial charge in [0.1, 0.15) is 0 Å². The molecule has 1 N–H and O–H groups in total. The van der Waals surface area contributed by atoms with Gasteiger partial charge in [-0.3, -0.25) is 9.78 Å². The number of likely N-dealkylation sites (N-methyl/N-ethyl adjacent to an activating group) is 1. The lowest BCUT2D eigenvalue weighted by Gasteiger charge is -2.33. The Bertz CT molecular complexity index is 663. The molecule has 0 radical (unpaired) electrons. The number of pyridine rings is 1. The number of hydrogen-bond acceptors (Lipinski definition) is 5. The molecule has 0 unspecified atom stereocenters. The second-order valence-corrected chi connectivity index (χ2v) is 6.27. The van der Waals surface area contributed by atoms with Crippen LogP contribution in [-0.2, 0) is 0 Å². The predicted octanol–water partition coefficient (Wildman–Crippen LogP) is 1.02. The Labute approximate surface area is 148 Å². The summed E-state index contributed by atoms with van der Waals surface area (Å²) in [6.07, 6.45) is 7.72. The fourth-order valence-corrected chi connectivity index (χ4v) is 3.01. The van der Waals surface area contributed by atoms with Gasteiger partial charge in [0.05, 0.1) is 23.6 Å². The molecule has 7 nitrogen and oxygen atoms in total. The summed E-state index contributed by atoms with van der Waals surface area (Å²) in [4.78, 5) is 21.2. The lowest BCUT2D eigenvalue weighted by atomic mass is 10.3. The number of piperazine rings is 1. The number of carbonyl (C=O) groups excluding carboxylic acids is 1. The second kappa shape index (κ2) is 8.73. The number of carbonyl (C=O) groups is 1. The first-order chi connectivity index (χ1) is 12.3. The summed E-state index contributed by atoms with van der Waals surface area (Å²) in [5.74, 6) is -0.0778. The van der Waals surface area contributed by atoms with Gasteiger partial charge in [-0.15, -0.1) is 0 Å². The summed E-state index contributed by atoms with van der Waals surface area (Å²) in [5.41, 5.74) is 1.41. The number of hydrogen-bond donors (Lipinski definition) is 1. The largest absolute Gasteiger partial charge is 0.352 e. The molecule has 3 rings (SSSR count). The maximum absolute atomic E-state index is 12.2. The van der Waals surface area contributed by atoms with Gasteiger partial charge in [-0.2, -0.15) is 5.10 Å². The van der Waals surface area contributed by atoms with Gasteiger partial charge in [0.25, 0.3) is 5.91 Å². The molecule has 2 aromatic heterocycles. The minimum Gasteiger partial charge on any atom is -0.352 e. The molecule has 25 heavy (non-hydrogen) atoms. The van der Waals surface area contributed by atoms with Crippen LogP contribution in [0.3, 0.4) is 0 Å². The Balaban J connectivity index is 1.39. The second-order valence-electron chi connectivity index (χ2n) is 6.27. The van der Waals surface area contributed by atoms with Gasteiger partial charge in [-0.25, -0.2) is 4.68 Å². The smallest absolute Gasteiger partial charge is 0.254 e. The van der Waals surface area contributed by atoms with Crippen LogP contribution in [0.4, 0.5) is 0 Å². The topological polar surface area (TPSA) is 66.3 Å². The molecule has 0 spiro atoms. The molecule has 1 amide bonds. The Morgan fingerprint density at radius 1 is 1.20 bits per heavy atom. The van der Waals surface area contributed by atoms with Crippen molar-refractivity contribution in [1.29, 1.82) is 0 Å². The van der Waals surface area contributed by atoms with E-state index in [-0.39, 0.29) is 5.91 Å². The summed E-state index contributed by atoms with van der Waals surface area (Å²) in [6, 6.07) is 3.75. The normalized spacial score (nSPS) is 16.0. The van der Waals surface area contributed by atoms with E-state index in [1.165, 1.54) is 0 Å². The highest BCUT2D eigenvalue weighted by Gasteiger charge is 2.15. The Morgan fingerprint density at radius 3 is 2.72 bits per heavy atom. The predicted molar refractivity (Wildman–Crippen MR) is 96.9 cm³/mol. The maximum atomic E-state index is 12.2. The third-order valence-corrected chi connectivity index (χ3v) is 4.60. The highest BCUT2D eigenvalue weighted by Crippen LogP contribution is 2.06. The zero-order valence-electron chi connectivity index (χ0n) is 14.8. The number of amides is 1. The summed E-state index contributed by atoms with van der Waals surface area (Å²) < 4.78 is 1.66. The fourth-order valence-electron chi connectivity index (χ4n) is 3.01. The number of nitrogens with zero attached hydrogens (tertiary/aromatic N) is 5. The van der Waals surface area contributed by atoms with Crippen molar-refractivity contribution in [3.8, 4) is 5.69 Å². The van der Waals surface area contributed by atoms with Crippen LogP contribution in [0.15, 0.2) is 36.9 Å². The van der Waals surface area contributed by atoms with Gasteiger partial charge in [0, 0.05) is 45.1 Å². The Morgan fingerprint density at radius 2 is 2.00 bits per heavy atom. The first kappa shape index (κ1) is 17.6. The average Bonchev–Trinajstić information content (AvgIpc) is 3.16. The van der Waals surface area contributed by atoms with E-state index >= 15 is 0 Å². The lowest BCUT2D eigenvalue weighted by Crippen LogP contribution is -2.46. The van der Waals surface area contributed by atoms with Crippen LogP contribution in [0.2, 0.25) is 0 Å². The van der Waals surface area contributed by atoms with Crippen molar-refractivity contribution in [3.63, 3.8) is 0 Å². The molecule has 1 fully saturated rings. The third-order valence-electron chi connectivity index (χ3n) is 4.60. The van der Waals surface area contributed by atoms with Gasteiger partial charge >= 0.3 is 0 Å². The lowest BCUT2D eigenvalue weighted by molar-refractivity contribution is 0.0948. The quantitative estimate of drug-likeness (QED) is 0.761. The van der Waals surface area contributed by atoms with E-state index in [2.05, 4.69) is 32.1 Å². The highest BCUT2D eigenvalue weighted by atomic mass is 16.1. The first-order valence-electron chi connectivity index (χ1n) is 8.94. The van der Waals surface area contributed by atoms with E-state index < -0.39 is 0 Å². The Kier molecular flexibility index (Phi) is 6.14. The SMILES string of the molecule is CCN1CCN(CCCNC(=O)c2cnn(-c3cccnc3)c2)CC1. The summed E-state index contributed by atoms with van der Waals surface area (Å²) in [5, 5.41) is 7.21. The highest BCUT2D eigenvalue weighted by molar-refractivity contribution is 5.93. The van der Waals surface area contributed by atoms with Crippen molar-refractivity contribution in [2.24, 2.45) is 0 Å². The molecular weight excluding hydrogens is 316 g/mol. The molecule has 2 aromatic rings. The summed E-state index contributed by atoms with van der Waals surface area (Å²) >= 11 is 0. The summed E-state index contributed by atoms with van der Waals surface area (Å²) in [6.45, 7) is 9.61. The van der Waals surface area contributed by atoms with E-state index in [1.807, 2.05) is 12.1 Å². The van der Waals surface area contributed by atoms with Crippen LogP contribution >= 0.6 is 0 Å². The van der Waals surface area contributed by atoms with E-state index in [1.54, 1.807) is 29.5 Å². The molecule has 1 aliphatic rings. The van der Waals surface area contributed by atoms with E-state index in [0.29, 0.717) is 12.1 Å². The first-order valence-corrected chi connectivity index (χ1v) is 8.94. The molecule has 0 aliphatic carbocycles. The van der Waals surface area contributed by atoms with Crippen LogP contribution < -0.4 is 5.32 Å². The number of nitrogens with one attached hydrogen (secondary N) is 1. The molecule has 0 bridgehead atoms. The van der Waals surface area contributed by atoms with E-state index in [9.17, 15) is 4.79 Å². The van der Waals surface area contributed by atoms with Gasteiger partial charge in [-0.1, -0.05) is 6.92 Å². The Hall–Kier alpha value is -2.25. The number of rotatable bonds is 7. The van der Waals surface area contributed by atoms with Crippen molar-refractivity contribution in [2.45, 2.75) is 13.3 Å². The molecule has 0 aromatic carbocycles. The average molecular weight is 342 g/mol. The number of aromatic nitrogens is 3. The van der Waals surface area contributed by atoms with Crippen molar-refractivity contribution in [3.05, 3.63) is 42.5 Å². The zero-order chi connectivity index (χ0) is 17.5. The van der Waals surface area contributed by atoms with Crippen LogP contribution in [-0.4, -0.2) is 76.3 Å². The van der Waals surface area contributed by atoms with Gasteiger partial charge in [0.15, 0.2) is 0 Å². The van der Waals surface area contributed by atoms with Crippen molar-refractivity contribution in [2.75, 3.05) is 45.8 Å². The molecule has 0 saturated carbocycles. The third kappa shape index (κ3) is 4.87. The molecule has 134 valence electrons. The van der Waals surface area contributed by atoms with Crippen LogP contribution in [0.25, 0.3) is 5.69 Å².